The van der Waals surface area contributed by atoms with Crippen LogP contribution in [0.5, 0.6) is 0 Å². The minimum Gasteiger partial charge on any atom is -0.464 e. The van der Waals surface area contributed by atoms with Gasteiger partial charge in [-0.15, -0.1) is 0 Å². The van der Waals surface area contributed by atoms with Crippen molar-refractivity contribution in [1.82, 2.24) is 4.57 Å². The van der Waals surface area contributed by atoms with Crippen LogP contribution in [0, 0.1) is 11.8 Å². The first-order valence-corrected chi connectivity index (χ1v) is 15.1. The highest BCUT2D eigenvalue weighted by Gasteiger charge is 2.25. The fourth-order valence-electron chi connectivity index (χ4n) is 3.30. The summed E-state index contributed by atoms with van der Waals surface area (Å²) in [4.78, 5) is 25.3. The van der Waals surface area contributed by atoms with E-state index in [2.05, 4.69) is 36.8 Å². The number of fused-ring (bicyclic) bond motifs is 1. The monoisotopic (exact) mass is 516 g/mol. The number of benzene rings is 2. The Kier molecular flexibility index (Phi) is 8.45. The van der Waals surface area contributed by atoms with Gasteiger partial charge in [-0.25, -0.2) is 4.79 Å². The summed E-state index contributed by atoms with van der Waals surface area (Å²) in [6.07, 6.45) is 0. The maximum absolute atomic E-state index is 12.8. The van der Waals surface area contributed by atoms with Crippen molar-refractivity contribution in [3.63, 3.8) is 0 Å². The molecule has 9 heteroatoms. The number of carbonyl (C=O) groups is 2. The first kappa shape index (κ1) is 25.9. The molecule has 0 atom stereocenters. The molecule has 0 fully saturated rings. The van der Waals surface area contributed by atoms with Gasteiger partial charge in [0.15, 0.2) is 0 Å². The lowest BCUT2D eigenvalue weighted by Gasteiger charge is -2.16. The number of esters is 1. The van der Waals surface area contributed by atoms with Gasteiger partial charge in [-0.2, -0.15) is 0 Å². The van der Waals surface area contributed by atoms with Gasteiger partial charge in [0.2, 0.25) is 0 Å². The van der Waals surface area contributed by atoms with Crippen LogP contribution in [0.15, 0.2) is 42.5 Å². The van der Waals surface area contributed by atoms with E-state index < -0.39 is 20.0 Å². The van der Waals surface area contributed by atoms with Crippen LogP contribution in [-0.2, 0) is 21.0 Å². The summed E-state index contributed by atoms with van der Waals surface area (Å²) in [6.45, 7) is 7.41. The van der Waals surface area contributed by atoms with Gasteiger partial charge in [0.25, 0.3) is 0 Å². The van der Waals surface area contributed by atoms with Gasteiger partial charge in [0.1, 0.15) is 12.4 Å². The Labute approximate surface area is 210 Å². The number of anilines is 1. The van der Waals surface area contributed by atoms with Gasteiger partial charge < -0.3 is 19.4 Å². The zero-order chi connectivity index (χ0) is 24.9. The van der Waals surface area contributed by atoms with Crippen LogP contribution < -0.4 is 5.32 Å². The molecule has 0 aliphatic rings. The van der Waals surface area contributed by atoms with Crippen LogP contribution in [0.4, 0.5) is 5.69 Å². The second-order valence-electron chi connectivity index (χ2n) is 8.84. The van der Waals surface area contributed by atoms with Crippen molar-refractivity contribution >= 4 is 59.7 Å². The molecule has 0 spiro atoms. The topological polar surface area (TPSA) is 69.6 Å². The molecule has 0 saturated carbocycles. The largest absolute Gasteiger partial charge is 0.464 e. The first-order valence-electron chi connectivity index (χ1n) is 10.7. The summed E-state index contributed by atoms with van der Waals surface area (Å²) in [6, 6.07) is 13.2. The van der Waals surface area contributed by atoms with Crippen molar-refractivity contribution in [2.24, 2.45) is 0 Å². The van der Waals surface area contributed by atoms with Crippen molar-refractivity contribution in [3.05, 3.63) is 63.8 Å². The van der Waals surface area contributed by atoms with E-state index >= 15 is 0 Å². The summed E-state index contributed by atoms with van der Waals surface area (Å²) >= 11 is 12.8. The number of para-hydroxylation sites is 1. The Morgan fingerprint density at radius 2 is 1.82 bits per heavy atom. The lowest BCUT2D eigenvalue weighted by Crippen LogP contribution is -2.22. The highest BCUT2D eigenvalue weighted by Crippen LogP contribution is 2.35. The van der Waals surface area contributed by atoms with Gasteiger partial charge >= 0.3 is 11.9 Å². The summed E-state index contributed by atoms with van der Waals surface area (Å²) in [7, 11) is -0.0145. The molecule has 178 valence electrons. The predicted molar refractivity (Wildman–Crippen MR) is 139 cm³/mol. The highest BCUT2D eigenvalue weighted by atomic mass is 35.5. The van der Waals surface area contributed by atoms with E-state index in [1.165, 1.54) is 7.11 Å². The average molecular weight is 517 g/mol. The Hall–Kier alpha value is -2.76. The number of aromatic nitrogens is 1. The van der Waals surface area contributed by atoms with Crippen LogP contribution in [0.2, 0.25) is 35.7 Å². The molecule has 0 bridgehead atoms. The molecule has 0 saturated heterocycles. The number of hydrogen-bond acceptors (Lipinski definition) is 4. The minimum atomic E-state index is -1.30. The van der Waals surface area contributed by atoms with E-state index in [0.717, 1.165) is 6.04 Å². The van der Waals surface area contributed by atoms with Crippen molar-refractivity contribution in [2.45, 2.75) is 32.4 Å². The van der Waals surface area contributed by atoms with E-state index in [0.29, 0.717) is 33.2 Å². The summed E-state index contributed by atoms with van der Waals surface area (Å²) < 4.78 is 12.6. The maximum atomic E-state index is 12.8. The number of carbonyl (C=O) groups excluding carboxylic acids is 2. The van der Waals surface area contributed by atoms with Gasteiger partial charge in [-0.3, -0.25) is 4.79 Å². The predicted octanol–water partition coefficient (Wildman–Crippen LogP) is 6.04. The van der Waals surface area contributed by atoms with Gasteiger partial charge in [-0.1, -0.05) is 67.0 Å². The summed E-state index contributed by atoms with van der Waals surface area (Å²) in [5, 5.41) is 3.91. The highest BCUT2D eigenvalue weighted by molar-refractivity contribution is 6.76. The number of halogens is 2. The van der Waals surface area contributed by atoms with Crippen molar-refractivity contribution in [3.8, 4) is 11.8 Å². The van der Waals surface area contributed by atoms with Crippen molar-refractivity contribution < 1.29 is 19.1 Å². The fraction of sp³-hybridized carbons (Fsp3) is 0.280. The SMILES string of the molecule is COC(=O)c1c(C#CC(=O)Nc2ccccc2)c2c(Cl)cc(Cl)cc2n1COCC[Si](C)(C)C. The molecule has 1 aromatic heterocycles. The Bertz CT molecular complexity index is 1270. The number of nitrogens with one attached hydrogen (secondary N) is 1. The Morgan fingerprint density at radius 3 is 2.47 bits per heavy atom. The smallest absolute Gasteiger partial charge is 0.356 e. The molecule has 1 heterocycles. The molecular weight excluding hydrogens is 491 g/mol. The van der Waals surface area contributed by atoms with Gasteiger partial charge in [0, 0.05) is 36.7 Å². The number of amides is 1. The summed E-state index contributed by atoms with van der Waals surface area (Å²) in [5.41, 5.74) is 1.60. The molecule has 0 aliphatic carbocycles. The molecule has 0 aliphatic heterocycles. The van der Waals surface area contributed by atoms with E-state index in [9.17, 15) is 9.59 Å². The van der Waals surface area contributed by atoms with E-state index in [4.69, 9.17) is 32.7 Å². The third-order valence-electron chi connectivity index (χ3n) is 5.01. The van der Waals surface area contributed by atoms with Crippen molar-refractivity contribution in [1.29, 1.82) is 0 Å². The molecular formula is C25H26Cl2N2O4Si. The normalized spacial score (nSPS) is 11.1. The number of hydrogen-bond donors (Lipinski definition) is 1. The Balaban J connectivity index is 2.06. The maximum Gasteiger partial charge on any atom is 0.356 e. The molecule has 1 N–H and O–H groups in total. The quantitative estimate of drug-likeness (QED) is 0.180. The fourth-order valence-corrected chi connectivity index (χ4v) is 4.63. The minimum absolute atomic E-state index is 0.0833. The zero-order valence-corrected chi connectivity index (χ0v) is 22.0. The molecule has 34 heavy (non-hydrogen) atoms. The second kappa shape index (κ2) is 11.1. The molecule has 6 nitrogen and oxygen atoms in total. The summed E-state index contributed by atoms with van der Waals surface area (Å²) in [5.74, 6) is 4.23. The standard InChI is InChI=1S/C25H26Cl2N2O4Si/c1-32-25(31)24-19(10-11-22(30)28-18-8-6-5-7-9-18)23-20(27)14-17(26)15-21(23)29(24)16-33-12-13-34(2,3)4/h5-9,14-15H,12-13,16H2,1-4H3,(H,28,30). The van der Waals surface area contributed by atoms with Crippen LogP contribution in [0.3, 0.4) is 0 Å². The second-order valence-corrected chi connectivity index (χ2v) is 15.3. The van der Waals surface area contributed by atoms with Crippen molar-refractivity contribution in [2.75, 3.05) is 19.0 Å². The number of methoxy groups -OCH3 is 1. The molecule has 2 aromatic carbocycles. The number of nitrogens with zero attached hydrogens (tertiary/aromatic N) is 1. The third kappa shape index (κ3) is 6.42. The van der Waals surface area contributed by atoms with Crippen LogP contribution in [0.25, 0.3) is 10.9 Å². The van der Waals surface area contributed by atoms with E-state index in [1.807, 2.05) is 6.07 Å². The first-order chi connectivity index (χ1) is 16.1. The lowest BCUT2D eigenvalue weighted by atomic mass is 10.1. The number of ether oxygens (including phenoxy) is 2. The van der Waals surface area contributed by atoms with Crippen LogP contribution in [-0.4, -0.2) is 38.2 Å². The number of rotatable bonds is 7. The molecule has 3 aromatic rings. The molecule has 0 radical (unpaired) electrons. The third-order valence-corrected chi connectivity index (χ3v) is 7.23. The lowest BCUT2D eigenvalue weighted by molar-refractivity contribution is -0.111. The average Bonchev–Trinajstić information content (AvgIpc) is 3.08. The van der Waals surface area contributed by atoms with Gasteiger partial charge in [0.05, 0.1) is 23.2 Å². The zero-order valence-electron chi connectivity index (χ0n) is 19.5. The van der Waals surface area contributed by atoms with Crippen LogP contribution >= 0.6 is 23.2 Å². The molecule has 3 rings (SSSR count). The molecule has 0 unspecified atom stereocenters. The van der Waals surface area contributed by atoms with Gasteiger partial charge in [-0.05, 0) is 30.3 Å². The molecule has 1 amide bonds. The van der Waals surface area contributed by atoms with Crippen LogP contribution in [0.1, 0.15) is 16.1 Å². The van der Waals surface area contributed by atoms with E-state index in [-0.39, 0.29) is 18.0 Å². The van der Waals surface area contributed by atoms with E-state index in [1.54, 1.807) is 41.0 Å². The Morgan fingerprint density at radius 1 is 1.12 bits per heavy atom.